The van der Waals surface area contributed by atoms with Crippen molar-refractivity contribution in [2.75, 3.05) is 0 Å². The summed E-state index contributed by atoms with van der Waals surface area (Å²) in [5.41, 5.74) is 7.16. The number of nitrogens with zero attached hydrogens (tertiary/aromatic N) is 2. The Morgan fingerprint density at radius 2 is 1.13 bits per heavy atom. The van der Waals surface area contributed by atoms with Crippen LogP contribution in [0.1, 0.15) is 0 Å². The number of hydrogen-bond donors (Lipinski definition) is 0. The first-order valence-electron chi connectivity index (χ1n) is 13.2. The first kappa shape index (κ1) is 20.7. The number of rotatable bonds is 2. The zero-order chi connectivity index (χ0) is 25.5. The van der Waals surface area contributed by atoms with Crippen molar-refractivity contribution >= 4 is 65.3 Å². The molecule has 0 unspecified atom stereocenters. The van der Waals surface area contributed by atoms with Crippen LogP contribution in [0.3, 0.4) is 0 Å². The zero-order valence-electron chi connectivity index (χ0n) is 20.8. The number of furan rings is 1. The van der Waals surface area contributed by atoms with Gasteiger partial charge in [-0.05, 0) is 56.6 Å². The van der Waals surface area contributed by atoms with Gasteiger partial charge < -0.3 is 4.42 Å². The molecule has 3 nitrogen and oxygen atoms in total. The molecule has 9 rings (SSSR count). The van der Waals surface area contributed by atoms with Crippen LogP contribution in [0.4, 0.5) is 0 Å². The molecule has 0 aliphatic heterocycles. The van der Waals surface area contributed by atoms with Crippen LogP contribution in [0.2, 0.25) is 0 Å². The molecule has 0 bridgehead atoms. The van der Waals surface area contributed by atoms with Gasteiger partial charge in [-0.2, -0.15) is 0 Å². The molecule has 3 heteroatoms. The quantitative estimate of drug-likeness (QED) is 0.224. The third-order valence-corrected chi connectivity index (χ3v) is 8.01. The molecule has 0 aliphatic rings. The van der Waals surface area contributed by atoms with Gasteiger partial charge in [0.1, 0.15) is 16.9 Å². The standard InChI is InChI=1S/C36H20N2O/c1-2-10-22(11-3-1)34-35(38-29-15-7-6-14-28(29)37-34)27-20-19-25-24-18-17-21-9-4-5-12-23(21)31(24)26-13-8-16-30-32(26)33(25)36(27)39-30/h1-20H. The fourth-order valence-electron chi connectivity index (χ4n) is 6.31. The second kappa shape index (κ2) is 7.62. The van der Waals surface area contributed by atoms with E-state index in [4.69, 9.17) is 14.4 Å². The van der Waals surface area contributed by atoms with Gasteiger partial charge in [0.15, 0.2) is 0 Å². The summed E-state index contributed by atoms with van der Waals surface area (Å²) < 4.78 is 6.72. The molecule has 0 N–H and O–H groups in total. The van der Waals surface area contributed by atoms with Crippen molar-refractivity contribution in [3.8, 4) is 22.5 Å². The van der Waals surface area contributed by atoms with Crippen LogP contribution in [-0.2, 0) is 0 Å². The smallest absolute Gasteiger partial charge is 0.145 e. The highest BCUT2D eigenvalue weighted by atomic mass is 16.3. The lowest BCUT2D eigenvalue weighted by atomic mass is 9.90. The van der Waals surface area contributed by atoms with Gasteiger partial charge in [-0.15, -0.1) is 0 Å². The summed E-state index contributed by atoms with van der Waals surface area (Å²) in [5.74, 6) is 0. The highest BCUT2D eigenvalue weighted by Gasteiger charge is 2.23. The van der Waals surface area contributed by atoms with Crippen LogP contribution in [0.15, 0.2) is 126 Å². The molecule has 180 valence electrons. The molecule has 7 aromatic carbocycles. The molecule has 0 fully saturated rings. The molecule has 0 saturated carbocycles. The van der Waals surface area contributed by atoms with Crippen LogP contribution in [0.5, 0.6) is 0 Å². The lowest BCUT2D eigenvalue weighted by Gasteiger charge is -2.13. The Labute approximate surface area is 223 Å². The van der Waals surface area contributed by atoms with E-state index in [1.807, 2.05) is 42.5 Å². The summed E-state index contributed by atoms with van der Waals surface area (Å²) in [6, 6.07) is 42.3. The van der Waals surface area contributed by atoms with E-state index in [1.165, 1.54) is 37.7 Å². The second-order valence-corrected chi connectivity index (χ2v) is 10.1. The molecule has 2 heterocycles. The van der Waals surface area contributed by atoms with Crippen molar-refractivity contribution in [1.29, 1.82) is 0 Å². The molecule has 0 amide bonds. The SMILES string of the molecule is c1ccc(-c2nc3ccccc3nc2-c2ccc3c4ccc5ccccc5c4c4cccc5oc2c3c54)cc1. The van der Waals surface area contributed by atoms with Crippen molar-refractivity contribution in [2.24, 2.45) is 0 Å². The Bertz CT molecular complexity index is 2390. The van der Waals surface area contributed by atoms with Gasteiger partial charge in [0.2, 0.25) is 0 Å². The van der Waals surface area contributed by atoms with Crippen molar-refractivity contribution in [3.05, 3.63) is 121 Å². The molecule has 0 radical (unpaired) electrons. The Hall–Kier alpha value is -5.28. The maximum Gasteiger partial charge on any atom is 0.145 e. The van der Waals surface area contributed by atoms with E-state index in [0.717, 1.165) is 50.1 Å². The minimum Gasteiger partial charge on any atom is -0.455 e. The summed E-state index contributed by atoms with van der Waals surface area (Å²) in [6.07, 6.45) is 0. The van der Waals surface area contributed by atoms with Crippen LogP contribution in [0, 0.1) is 0 Å². The van der Waals surface area contributed by atoms with E-state index in [9.17, 15) is 0 Å². The summed E-state index contributed by atoms with van der Waals surface area (Å²) in [6.45, 7) is 0. The fraction of sp³-hybridized carbons (Fsp3) is 0. The Morgan fingerprint density at radius 1 is 0.436 bits per heavy atom. The molecule has 39 heavy (non-hydrogen) atoms. The van der Waals surface area contributed by atoms with Crippen molar-refractivity contribution in [2.45, 2.75) is 0 Å². The van der Waals surface area contributed by atoms with Crippen molar-refractivity contribution in [1.82, 2.24) is 9.97 Å². The Morgan fingerprint density at radius 3 is 2.00 bits per heavy atom. The fourth-order valence-corrected chi connectivity index (χ4v) is 6.31. The molecular formula is C36H20N2O. The third kappa shape index (κ3) is 2.82. The highest BCUT2D eigenvalue weighted by Crippen LogP contribution is 2.47. The summed E-state index contributed by atoms with van der Waals surface area (Å²) in [4.78, 5) is 10.3. The normalized spacial score (nSPS) is 12.1. The van der Waals surface area contributed by atoms with E-state index in [1.54, 1.807) is 0 Å². The molecular weight excluding hydrogens is 476 g/mol. The van der Waals surface area contributed by atoms with Gasteiger partial charge in [0.25, 0.3) is 0 Å². The average Bonchev–Trinajstić information content (AvgIpc) is 3.40. The number of hydrogen-bond acceptors (Lipinski definition) is 3. The van der Waals surface area contributed by atoms with Crippen LogP contribution in [-0.4, -0.2) is 9.97 Å². The van der Waals surface area contributed by atoms with Gasteiger partial charge in [-0.3, -0.25) is 0 Å². The first-order chi connectivity index (χ1) is 19.3. The lowest BCUT2D eigenvalue weighted by Crippen LogP contribution is -1.96. The first-order valence-corrected chi connectivity index (χ1v) is 13.2. The molecule has 2 aromatic heterocycles. The molecule has 0 aliphatic carbocycles. The number of aromatic nitrogens is 2. The van der Waals surface area contributed by atoms with Crippen molar-refractivity contribution in [3.63, 3.8) is 0 Å². The topological polar surface area (TPSA) is 38.9 Å². The molecule has 0 atom stereocenters. The van der Waals surface area contributed by atoms with Crippen LogP contribution in [0.25, 0.3) is 87.8 Å². The van der Waals surface area contributed by atoms with E-state index in [2.05, 4.69) is 78.9 Å². The van der Waals surface area contributed by atoms with Gasteiger partial charge in [-0.1, -0.05) is 97.1 Å². The monoisotopic (exact) mass is 496 g/mol. The molecule has 9 aromatic rings. The van der Waals surface area contributed by atoms with Crippen LogP contribution < -0.4 is 0 Å². The predicted octanol–water partition coefficient (Wildman–Crippen LogP) is 9.76. The van der Waals surface area contributed by atoms with Gasteiger partial charge in [0, 0.05) is 21.9 Å². The maximum atomic E-state index is 6.72. The zero-order valence-corrected chi connectivity index (χ0v) is 20.8. The molecule has 0 saturated heterocycles. The third-order valence-electron chi connectivity index (χ3n) is 8.01. The van der Waals surface area contributed by atoms with Gasteiger partial charge in [-0.25, -0.2) is 9.97 Å². The number of fused-ring (bicyclic) bond motifs is 6. The van der Waals surface area contributed by atoms with E-state index >= 15 is 0 Å². The van der Waals surface area contributed by atoms with Gasteiger partial charge in [0.05, 0.1) is 16.7 Å². The minimum atomic E-state index is 0.830. The van der Waals surface area contributed by atoms with E-state index in [-0.39, 0.29) is 0 Å². The number of benzene rings is 7. The lowest BCUT2D eigenvalue weighted by molar-refractivity contribution is 0.670. The summed E-state index contributed by atoms with van der Waals surface area (Å²) in [7, 11) is 0. The highest BCUT2D eigenvalue weighted by molar-refractivity contribution is 6.37. The van der Waals surface area contributed by atoms with E-state index < -0.39 is 0 Å². The summed E-state index contributed by atoms with van der Waals surface area (Å²) in [5, 5.41) is 9.75. The number of para-hydroxylation sites is 2. The average molecular weight is 497 g/mol. The molecule has 0 spiro atoms. The second-order valence-electron chi connectivity index (χ2n) is 10.1. The minimum absolute atomic E-state index is 0.830. The Balaban J connectivity index is 1.46. The largest absolute Gasteiger partial charge is 0.455 e. The van der Waals surface area contributed by atoms with Crippen LogP contribution >= 0.6 is 0 Å². The predicted molar refractivity (Wildman–Crippen MR) is 161 cm³/mol. The van der Waals surface area contributed by atoms with E-state index in [0.29, 0.717) is 0 Å². The maximum absolute atomic E-state index is 6.72. The van der Waals surface area contributed by atoms with Gasteiger partial charge >= 0.3 is 0 Å². The Kier molecular flexibility index (Phi) is 4.05. The summed E-state index contributed by atoms with van der Waals surface area (Å²) >= 11 is 0. The van der Waals surface area contributed by atoms with Crippen molar-refractivity contribution < 1.29 is 4.42 Å².